The van der Waals surface area contributed by atoms with Crippen molar-refractivity contribution >= 4 is 21.8 Å². The summed E-state index contributed by atoms with van der Waals surface area (Å²) >= 11 is 2.39. The van der Waals surface area contributed by atoms with Crippen LogP contribution in [0.25, 0.3) is 11.1 Å². The van der Waals surface area contributed by atoms with Gasteiger partial charge in [-0.1, -0.05) is 15.9 Å². The van der Waals surface area contributed by atoms with Gasteiger partial charge in [-0.25, -0.2) is 8.78 Å². The first kappa shape index (κ1) is 24.9. The van der Waals surface area contributed by atoms with Crippen LogP contribution in [-0.2, 0) is 11.8 Å². The lowest BCUT2D eigenvalue weighted by molar-refractivity contribution is -0.348. The Morgan fingerprint density at radius 3 is 1.77 bits per heavy atom. The van der Waals surface area contributed by atoms with E-state index in [0.717, 1.165) is 0 Å². The molecule has 0 atom stereocenters. The number of carbonyl (C=O) groups is 1. The van der Waals surface area contributed by atoms with Gasteiger partial charge in [0.05, 0.1) is 5.56 Å². The molecule has 2 nitrogen and oxygen atoms in total. The lowest BCUT2D eigenvalue weighted by Crippen LogP contribution is -2.50. The Bertz CT molecular complexity index is 1010. The van der Waals surface area contributed by atoms with Crippen LogP contribution in [0, 0.1) is 5.82 Å². The van der Waals surface area contributed by atoms with Crippen molar-refractivity contribution < 1.29 is 53.1 Å². The zero-order chi connectivity index (χ0) is 24.2. The Kier molecular flexibility index (Phi) is 6.13. The minimum atomic E-state index is -6.67. The van der Waals surface area contributed by atoms with E-state index in [0.29, 0.717) is 18.2 Å². The summed E-state index contributed by atoms with van der Waals surface area (Å²) in [6.07, 6.45) is -19.0. The minimum Gasteiger partial charge on any atom is -0.366 e. The maximum atomic E-state index is 14.3. The lowest BCUT2D eigenvalue weighted by Gasteiger charge is -2.31. The fraction of sp³-hybridized carbons (Fsp3) is 0.235. The van der Waals surface area contributed by atoms with E-state index >= 15 is 0 Å². The van der Waals surface area contributed by atoms with Crippen LogP contribution in [0.1, 0.15) is 21.5 Å². The quantitative estimate of drug-likeness (QED) is 0.444. The maximum Gasteiger partial charge on any atom is 0.435 e. The normalized spacial score (nSPS) is 13.4. The molecule has 170 valence electrons. The molecule has 2 aromatic rings. The van der Waals surface area contributed by atoms with Crippen LogP contribution in [0.5, 0.6) is 0 Å². The van der Waals surface area contributed by atoms with Gasteiger partial charge in [-0.05, 0) is 35.9 Å². The Hall–Kier alpha value is -2.38. The van der Waals surface area contributed by atoms with Gasteiger partial charge in [-0.3, -0.25) is 4.79 Å². The van der Waals surface area contributed by atoms with Gasteiger partial charge in [0.15, 0.2) is 0 Å². The zero-order valence-electron chi connectivity index (χ0n) is 14.4. The van der Waals surface area contributed by atoms with Crippen LogP contribution in [0.4, 0.5) is 48.3 Å². The first-order valence-electron chi connectivity index (χ1n) is 7.65. The molecular formula is C17H7BrF11NO. The van der Waals surface area contributed by atoms with E-state index in [9.17, 15) is 53.1 Å². The molecule has 0 saturated carbocycles. The van der Waals surface area contributed by atoms with E-state index in [4.69, 9.17) is 5.73 Å². The number of rotatable bonds is 3. The highest BCUT2D eigenvalue weighted by Crippen LogP contribution is 2.55. The molecule has 1 amide bonds. The first-order chi connectivity index (χ1) is 13.8. The highest BCUT2D eigenvalue weighted by molar-refractivity contribution is 9.10. The number of benzene rings is 2. The molecule has 0 saturated heterocycles. The van der Waals surface area contributed by atoms with E-state index in [1.807, 2.05) is 0 Å². The second-order valence-corrected chi connectivity index (χ2v) is 6.94. The van der Waals surface area contributed by atoms with Gasteiger partial charge < -0.3 is 5.73 Å². The molecule has 2 aromatic carbocycles. The summed E-state index contributed by atoms with van der Waals surface area (Å²) in [5.74, 6) is -2.57. The number of amides is 1. The summed E-state index contributed by atoms with van der Waals surface area (Å²) in [5.41, 5.74) is -8.59. The zero-order valence-corrected chi connectivity index (χ0v) is 16.0. The van der Waals surface area contributed by atoms with E-state index in [-0.39, 0.29) is 6.07 Å². The third-order valence-corrected chi connectivity index (χ3v) is 4.72. The van der Waals surface area contributed by atoms with E-state index < -0.39 is 74.3 Å². The molecule has 31 heavy (non-hydrogen) atoms. The van der Waals surface area contributed by atoms with Gasteiger partial charge in [0.2, 0.25) is 5.91 Å². The summed E-state index contributed by atoms with van der Waals surface area (Å²) < 4.78 is 146. The lowest BCUT2D eigenvalue weighted by atomic mass is 9.87. The second kappa shape index (κ2) is 7.64. The number of alkyl halides is 10. The molecule has 14 heteroatoms. The fourth-order valence-electron chi connectivity index (χ4n) is 2.73. The summed E-state index contributed by atoms with van der Waals surface area (Å²) in [6.45, 7) is 0. The van der Waals surface area contributed by atoms with Crippen LogP contribution in [0.15, 0.2) is 34.8 Å². The average molecular weight is 530 g/mol. The highest BCUT2D eigenvalue weighted by Gasteiger charge is 2.73. The molecule has 0 radical (unpaired) electrons. The molecular weight excluding hydrogens is 523 g/mol. The minimum absolute atomic E-state index is 0.179. The number of hydrogen-bond acceptors (Lipinski definition) is 1. The van der Waals surface area contributed by atoms with Crippen molar-refractivity contribution in [2.45, 2.75) is 24.2 Å². The molecule has 2 N–H and O–H groups in total. The van der Waals surface area contributed by atoms with Crippen molar-refractivity contribution in [3.05, 3.63) is 57.3 Å². The molecule has 0 unspecified atom stereocenters. The van der Waals surface area contributed by atoms with Crippen LogP contribution >= 0.6 is 15.9 Å². The van der Waals surface area contributed by atoms with Crippen molar-refractivity contribution in [1.29, 1.82) is 0 Å². The largest absolute Gasteiger partial charge is 0.435 e. The Morgan fingerprint density at radius 2 is 1.35 bits per heavy atom. The molecule has 0 aromatic heterocycles. The van der Waals surface area contributed by atoms with E-state index in [2.05, 4.69) is 15.9 Å². The summed E-state index contributed by atoms with van der Waals surface area (Å²) in [7, 11) is 0. The van der Waals surface area contributed by atoms with Crippen molar-refractivity contribution in [2.24, 2.45) is 5.73 Å². The topological polar surface area (TPSA) is 43.1 Å². The maximum absolute atomic E-state index is 14.3. The molecule has 0 aliphatic carbocycles. The standard InChI is InChI=1S/C17H7BrF11NO/c18-11-4-6(14(20,16(24,25)26)17(27,28)29)3-10(15(21,22)23)12(11)9-5-7(19)1-2-8(9)13(30)31/h1-5H,(H2,30,31). The monoisotopic (exact) mass is 529 g/mol. The molecule has 0 aliphatic rings. The molecule has 0 fully saturated rings. The molecule has 0 heterocycles. The molecule has 0 spiro atoms. The average Bonchev–Trinajstić information content (AvgIpc) is 2.57. The van der Waals surface area contributed by atoms with Gasteiger partial charge >= 0.3 is 24.2 Å². The van der Waals surface area contributed by atoms with Crippen LogP contribution in [0.3, 0.4) is 0 Å². The van der Waals surface area contributed by atoms with Gasteiger partial charge in [-0.15, -0.1) is 0 Å². The molecule has 2 rings (SSSR count). The van der Waals surface area contributed by atoms with E-state index in [1.165, 1.54) is 0 Å². The third-order valence-electron chi connectivity index (χ3n) is 4.09. The SMILES string of the molecule is NC(=O)c1ccc(F)cc1-c1c(Br)cc(C(F)(C(F)(F)F)C(F)(F)F)cc1C(F)(F)F. The number of hydrogen-bond donors (Lipinski definition) is 1. The van der Waals surface area contributed by atoms with E-state index in [1.54, 1.807) is 0 Å². The predicted molar refractivity (Wildman–Crippen MR) is 88.0 cm³/mol. The van der Waals surface area contributed by atoms with Gasteiger partial charge in [-0.2, -0.15) is 39.5 Å². The van der Waals surface area contributed by atoms with Gasteiger partial charge in [0, 0.05) is 21.2 Å². The second-order valence-electron chi connectivity index (χ2n) is 6.09. The third kappa shape index (κ3) is 4.34. The number of primary amides is 1. The Balaban J connectivity index is 3.02. The molecule has 0 aliphatic heterocycles. The fourth-order valence-corrected chi connectivity index (χ4v) is 3.40. The summed E-state index contributed by atoms with van der Waals surface area (Å²) in [6, 6.07) is 0.792. The number of carbonyl (C=O) groups excluding carboxylic acids is 1. The van der Waals surface area contributed by atoms with Crippen molar-refractivity contribution in [3.8, 4) is 11.1 Å². The van der Waals surface area contributed by atoms with Crippen molar-refractivity contribution in [1.82, 2.24) is 0 Å². The smallest absolute Gasteiger partial charge is 0.366 e. The predicted octanol–water partition coefficient (Wildman–Crippen LogP) is 6.66. The van der Waals surface area contributed by atoms with Gasteiger partial charge in [0.1, 0.15) is 5.82 Å². The Labute approximate surface area is 174 Å². The Morgan fingerprint density at radius 1 is 0.839 bits per heavy atom. The number of nitrogens with two attached hydrogens (primary N) is 1. The van der Waals surface area contributed by atoms with Crippen LogP contribution in [0.2, 0.25) is 0 Å². The highest BCUT2D eigenvalue weighted by atomic mass is 79.9. The number of halogens is 12. The molecule has 0 bridgehead atoms. The summed E-state index contributed by atoms with van der Waals surface area (Å²) in [4.78, 5) is 11.5. The summed E-state index contributed by atoms with van der Waals surface area (Å²) in [5, 5.41) is 0. The van der Waals surface area contributed by atoms with Crippen LogP contribution < -0.4 is 5.73 Å². The van der Waals surface area contributed by atoms with Gasteiger partial charge in [0.25, 0.3) is 0 Å². The van der Waals surface area contributed by atoms with Crippen molar-refractivity contribution in [3.63, 3.8) is 0 Å². The van der Waals surface area contributed by atoms with Crippen LogP contribution in [-0.4, -0.2) is 18.3 Å². The first-order valence-corrected chi connectivity index (χ1v) is 8.45. The van der Waals surface area contributed by atoms with Crippen molar-refractivity contribution in [2.75, 3.05) is 0 Å².